The molecular formula is C125H77N5O4S. The van der Waals surface area contributed by atoms with Crippen LogP contribution in [-0.2, 0) is 0 Å². The van der Waals surface area contributed by atoms with Crippen LogP contribution >= 0.6 is 11.3 Å². The lowest BCUT2D eigenvalue weighted by Gasteiger charge is -2.12. The van der Waals surface area contributed by atoms with Gasteiger partial charge in [-0.05, 0) is 180 Å². The third-order valence-corrected chi connectivity index (χ3v) is 28.2. The summed E-state index contributed by atoms with van der Waals surface area (Å²) < 4.78 is 36.8. The predicted octanol–water partition coefficient (Wildman–Crippen LogP) is 35.2. The molecule has 0 spiro atoms. The van der Waals surface area contributed by atoms with Crippen molar-refractivity contribution in [1.29, 1.82) is 0 Å². The number of nitrogens with zero attached hydrogens (tertiary/aromatic N) is 5. The molecule has 0 fully saturated rings. The van der Waals surface area contributed by atoms with Crippen LogP contribution in [-0.4, -0.2) is 23.3 Å². The Morgan fingerprint density at radius 2 is 0.526 bits per heavy atom. The van der Waals surface area contributed by atoms with E-state index in [2.05, 4.69) is 425 Å². The quantitative estimate of drug-likeness (QED) is 0.151. The smallest absolute Gasteiger partial charge is 0.137 e. The first-order valence-electron chi connectivity index (χ1n) is 45.7. The number of furan rings is 4. The zero-order valence-electron chi connectivity index (χ0n) is 72.7. The third kappa shape index (κ3) is 12.8. The lowest BCUT2D eigenvalue weighted by Crippen LogP contribution is -1.94. The highest BCUT2D eigenvalue weighted by atomic mass is 32.1. The molecule has 0 saturated carbocycles. The van der Waals surface area contributed by atoms with Crippen LogP contribution in [0.15, 0.2) is 485 Å². The van der Waals surface area contributed by atoms with Gasteiger partial charge in [-0.15, -0.1) is 11.3 Å². The highest BCUT2D eigenvalue weighted by Gasteiger charge is 2.24. The maximum Gasteiger partial charge on any atom is 0.137 e. The lowest BCUT2D eigenvalue weighted by molar-refractivity contribution is 0.669. The highest BCUT2D eigenvalue weighted by molar-refractivity contribution is 7.26. The molecule has 10 heterocycles. The molecule has 0 atom stereocenters. The second-order valence-electron chi connectivity index (χ2n) is 34.6. The van der Waals surface area contributed by atoms with E-state index >= 15 is 0 Å². The first kappa shape index (κ1) is 77.1. The maximum atomic E-state index is 6.26. The van der Waals surface area contributed by atoms with E-state index in [4.69, 9.17) is 22.7 Å². The number of thiophene rings is 1. The van der Waals surface area contributed by atoms with Gasteiger partial charge in [0.15, 0.2) is 0 Å². The van der Waals surface area contributed by atoms with E-state index in [-0.39, 0.29) is 0 Å². The Labute approximate surface area is 776 Å². The van der Waals surface area contributed by atoms with Gasteiger partial charge in [0.25, 0.3) is 0 Å². The molecule has 30 aromatic rings. The SMILES string of the molecule is c1ccc(-c2cc(-c3ccc(-n4c5ccccc5c5cc6oc7ccccc7c6cc54)cc3)cc(-c3ccccc3)n2)cc1.c1ccc(-n2c3ccccc3c3c4c(ccc32)oc2ccccc24)cc1.c1ccc(-n2c3ccccc3c3cc4c(cc32)oc2ccccc24)cc1.c1ccc2c(c1)oc1cc3c4ccccc4n(-c4ccc(-c5cccc6c5sc5ccccc56)cc4)c3cc12. The fourth-order valence-corrected chi connectivity index (χ4v) is 22.1. The number of pyridine rings is 1. The van der Waals surface area contributed by atoms with Crippen molar-refractivity contribution < 1.29 is 17.7 Å². The largest absolute Gasteiger partial charge is 0.456 e. The van der Waals surface area contributed by atoms with Gasteiger partial charge in [0.05, 0.1) is 55.5 Å². The van der Waals surface area contributed by atoms with Crippen molar-refractivity contribution in [2.75, 3.05) is 0 Å². The second kappa shape index (κ2) is 31.5. The van der Waals surface area contributed by atoms with Crippen molar-refractivity contribution in [3.05, 3.63) is 467 Å². The number of para-hydroxylation sites is 10. The van der Waals surface area contributed by atoms with Crippen LogP contribution in [0.1, 0.15) is 0 Å². The first-order chi connectivity index (χ1) is 66.9. The monoisotopic (exact) mass is 1740 g/mol. The van der Waals surface area contributed by atoms with Crippen LogP contribution < -0.4 is 0 Å². The minimum atomic E-state index is 0.914. The van der Waals surface area contributed by atoms with Gasteiger partial charge in [-0.1, -0.05) is 303 Å². The molecule has 0 radical (unpaired) electrons. The average molecular weight is 1750 g/mol. The van der Waals surface area contributed by atoms with Crippen molar-refractivity contribution in [1.82, 2.24) is 23.3 Å². The van der Waals surface area contributed by atoms with Crippen LogP contribution in [0.25, 0.3) is 263 Å². The number of aromatic nitrogens is 5. The molecule has 30 rings (SSSR count). The van der Waals surface area contributed by atoms with Gasteiger partial charge in [0.1, 0.15) is 44.7 Å². The fraction of sp³-hybridized carbons (Fsp3) is 0. The summed E-state index contributed by atoms with van der Waals surface area (Å²) in [5, 5.41) is 21.8. The molecule has 0 aliphatic rings. The molecule has 0 aliphatic heterocycles. The molecule has 0 saturated heterocycles. The van der Waals surface area contributed by atoms with Crippen molar-refractivity contribution in [2.45, 2.75) is 0 Å². The number of hydrogen-bond donors (Lipinski definition) is 0. The van der Waals surface area contributed by atoms with Gasteiger partial charge >= 0.3 is 0 Å². The molecule has 20 aromatic carbocycles. The van der Waals surface area contributed by atoms with Crippen LogP contribution in [0, 0.1) is 0 Å². The Bertz CT molecular complexity index is 9880. The Balaban J connectivity index is 0.0000000937. The van der Waals surface area contributed by atoms with Gasteiger partial charge in [-0.2, -0.15) is 0 Å². The molecule has 9 nitrogen and oxygen atoms in total. The van der Waals surface area contributed by atoms with Crippen molar-refractivity contribution >= 4 is 206 Å². The molecular weight excluding hydrogens is 1670 g/mol. The van der Waals surface area contributed by atoms with E-state index in [9.17, 15) is 0 Å². The van der Waals surface area contributed by atoms with Gasteiger partial charge in [0, 0.05) is 146 Å². The Kier molecular flexibility index (Phi) is 18.0. The van der Waals surface area contributed by atoms with Gasteiger partial charge in [0.2, 0.25) is 0 Å². The summed E-state index contributed by atoms with van der Waals surface area (Å²) in [6.45, 7) is 0. The predicted molar refractivity (Wildman–Crippen MR) is 565 cm³/mol. The van der Waals surface area contributed by atoms with Gasteiger partial charge in [-0.3, -0.25) is 0 Å². The minimum absolute atomic E-state index is 0.914. The number of hydrogen-bond acceptors (Lipinski definition) is 6. The molecule has 0 bridgehead atoms. The first-order valence-corrected chi connectivity index (χ1v) is 46.5. The zero-order chi connectivity index (χ0) is 88.7. The standard InChI is InChI=1S/C41H26N2O.C36H21NOS.2C24H15NO/c1-3-11-28(12-4-1)36-23-30(24-37(42-36)29-13-5-2-6-14-29)27-19-21-31(22-20-27)43-38-17-9-7-15-32(38)34-26-41-35(25-39(34)43)33-16-8-10-18-40(33)44-41;1-4-13-31-25(8-1)29-21-34-30(26-9-2-5-14-33(26)38-34)20-32(29)37(31)23-18-16-22(17-19-23)24-11-7-12-28-27-10-3-6-15-35(27)39-36(24)28;1-2-8-16(9-3-1)25-21-12-6-4-10-17(21)19-14-20-18-11-5-7-13-23(18)26-24(20)15-22(19)25;1-2-8-16(9-3-1)25-19-12-6-4-10-17(19)23-20(25)14-15-22-24(23)18-11-5-7-13-21(18)26-22/h1-26H;1-21H;2*1-15H. The molecule has 10 heteroatoms. The number of benzene rings is 20. The minimum Gasteiger partial charge on any atom is -0.456 e. The number of fused-ring (bicyclic) bond motifs is 28. The van der Waals surface area contributed by atoms with E-state index in [1.165, 1.54) is 146 Å². The summed E-state index contributed by atoms with van der Waals surface area (Å²) in [7, 11) is 0. The molecule has 10 aromatic heterocycles. The molecule has 135 heavy (non-hydrogen) atoms. The third-order valence-electron chi connectivity index (χ3n) is 27.0. The molecule has 632 valence electrons. The van der Waals surface area contributed by atoms with Crippen LogP contribution in [0.3, 0.4) is 0 Å². The van der Waals surface area contributed by atoms with E-state index in [0.717, 1.165) is 117 Å². The molecule has 0 N–H and O–H groups in total. The summed E-state index contributed by atoms with van der Waals surface area (Å²) in [5.41, 5.74) is 30.5. The molecule has 0 amide bonds. The molecule has 0 unspecified atom stereocenters. The topological polar surface area (TPSA) is 85.2 Å². The van der Waals surface area contributed by atoms with Crippen LogP contribution in [0.2, 0.25) is 0 Å². The van der Waals surface area contributed by atoms with E-state index in [0.29, 0.717) is 0 Å². The summed E-state index contributed by atoms with van der Waals surface area (Å²) in [6, 6.07) is 165. The average Bonchev–Trinajstić information content (AvgIpc) is 1.56. The Morgan fingerprint density at radius 1 is 0.170 bits per heavy atom. The van der Waals surface area contributed by atoms with Gasteiger partial charge < -0.3 is 35.9 Å². The summed E-state index contributed by atoms with van der Waals surface area (Å²) in [6.07, 6.45) is 0. The van der Waals surface area contributed by atoms with Crippen LogP contribution in [0.5, 0.6) is 0 Å². The summed E-state index contributed by atoms with van der Waals surface area (Å²) in [5.74, 6) is 0. The van der Waals surface area contributed by atoms with Crippen molar-refractivity contribution in [3.63, 3.8) is 0 Å². The Morgan fingerprint density at radius 3 is 1.03 bits per heavy atom. The van der Waals surface area contributed by atoms with Crippen molar-refractivity contribution in [2.24, 2.45) is 0 Å². The lowest BCUT2D eigenvalue weighted by atomic mass is 10.00. The highest BCUT2D eigenvalue weighted by Crippen LogP contribution is 2.47. The second-order valence-corrected chi connectivity index (χ2v) is 35.7. The number of rotatable bonds is 8. The maximum absolute atomic E-state index is 6.26. The summed E-state index contributed by atoms with van der Waals surface area (Å²) >= 11 is 1.88. The normalized spacial score (nSPS) is 11.9. The fourth-order valence-electron chi connectivity index (χ4n) is 20.9. The van der Waals surface area contributed by atoms with E-state index < -0.39 is 0 Å². The van der Waals surface area contributed by atoms with Crippen LogP contribution in [0.4, 0.5) is 0 Å². The molecule has 0 aliphatic carbocycles. The van der Waals surface area contributed by atoms with Crippen molar-refractivity contribution in [3.8, 4) is 67.5 Å². The summed E-state index contributed by atoms with van der Waals surface area (Å²) in [4.78, 5) is 5.06. The van der Waals surface area contributed by atoms with E-state index in [1.54, 1.807) is 0 Å². The van der Waals surface area contributed by atoms with E-state index in [1.807, 2.05) is 72.0 Å². The Hall–Kier alpha value is -17.8. The van der Waals surface area contributed by atoms with Gasteiger partial charge in [-0.25, -0.2) is 4.98 Å². The zero-order valence-corrected chi connectivity index (χ0v) is 73.5.